The SMILES string of the molecule is CCOC(=O)C1=CN([C@@H]2OC(COC(C)=O)[C@@H](OC(C)=O)[C@H]2OC(C)=O)C=CC1. The third kappa shape index (κ3) is 6.05. The van der Waals surface area contributed by atoms with Crippen molar-refractivity contribution < 1.29 is 42.9 Å². The van der Waals surface area contributed by atoms with E-state index in [2.05, 4.69) is 0 Å². The van der Waals surface area contributed by atoms with Crippen molar-refractivity contribution in [3.05, 3.63) is 24.0 Å². The molecule has 0 aromatic rings. The molecule has 0 N–H and O–H groups in total. The Bertz CT molecular complexity index is 714. The van der Waals surface area contributed by atoms with Crippen molar-refractivity contribution in [3.63, 3.8) is 0 Å². The molecule has 0 aromatic carbocycles. The van der Waals surface area contributed by atoms with E-state index in [9.17, 15) is 19.2 Å². The van der Waals surface area contributed by atoms with Gasteiger partial charge in [-0.25, -0.2) is 4.79 Å². The van der Waals surface area contributed by atoms with Crippen LogP contribution in [0.3, 0.4) is 0 Å². The summed E-state index contributed by atoms with van der Waals surface area (Å²) < 4.78 is 26.6. The molecule has 10 nitrogen and oxygen atoms in total. The largest absolute Gasteiger partial charge is 0.463 e. The highest BCUT2D eigenvalue weighted by Crippen LogP contribution is 2.32. The molecule has 2 aliphatic heterocycles. The molecule has 2 heterocycles. The average Bonchev–Trinajstić information content (AvgIpc) is 2.96. The zero-order valence-corrected chi connectivity index (χ0v) is 16.8. The van der Waals surface area contributed by atoms with Crippen molar-refractivity contribution in [3.8, 4) is 0 Å². The lowest BCUT2D eigenvalue weighted by molar-refractivity contribution is -0.166. The molecular weight excluding hydrogens is 386 g/mol. The molecule has 2 aliphatic rings. The molecule has 160 valence electrons. The van der Waals surface area contributed by atoms with Crippen LogP contribution in [0.2, 0.25) is 0 Å². The maximum absolute atomic E-state index is 12.1. The lowest BCUT2D eigenvalue weighted by Crippen LogP contribution is -2.44. The number of nitrogens with zero attached hydrogens (tertiary/aromatic N) is 1. The van der Waals surface area contributed by atoms with Crippen molar-refractivity contribution >= 4 is 23.9 Å². The van der Waals surface area contributed by atoms with E-state index in [-0.39, 0.29) is 13.2 Å². The van der Waals surface area contributed by atoms with E-state index >= 15 is 0 Å². The molecule has 10 heteroatoms. The zero-order valence-electron chi connectivity index (χ0n) is 16.8. The van der Waals surface area contributed by atoms with Crippen LogP contribution in [0.4, 0.5) is 0 Å². The van der Waals surface area contributed by atoms with Gasteiger partial charge in [0.05, 0.1) is 12.2 Å². The molecule has 0 spiro atoms. The molecule has 1 unspecified atom stereocenters. The summed E-state index contributed by atoms with van der Waals surface area (Å²) in [7, 11) is 0. The maximum atomic E-state index is 12.1. The molecule has 1 fully saturated rings. The Balaban J connectivity index is 2.31. The van der Waals surface area contributed by atoms with Crippen LogP contribution in [0, 0.1) is 0 Å². The third-order valence-electron chi connectivity index (χ3n) is 4.09. The van der Waals surface area contributed by atoms with Crippen LogP contribution >= 0.6 is 0 Å². The molecule has 0 saturated carbocycles. The van der Waals surface area contributed by atoms with Gasteiger partial charge in [-0.05, 0) is 6.92 Å². The molecule has 0 aromatic heterocycles. The van der Waals surface area contributed by atoms with Gasteiger partial charge in [-0.15, -0.1) is 0 Å². The van der Waals surface area contributed by atoms with Crippen molar-refractivity contribution in [2.24, 2.45) is 0 Å². The fourth-order valence-electron chi connectivity index (χ4n) is 3.03. The predicted molar refractivity (Wildman–Crippen MR) is 96.7 cm³/mol. The maximum Gasteiger partial charge on any atom is 0.335 e. The lowest BCUT2D eigenvalue weighted by atomic mass is 10.1. The molecule has 1 saturated heterocycles. The second-order valence-corrected chi connectivity index (χ2v) is 6.43. The lowest BCUT2D eigenvalue weighted by Gasteiger charge is -2.30. The summed E-state index contributed by atoms with van der Waals surface area (Å²) in [5.74, 6) is -2.23. The molecule has 4 atom stereocenters. The summed E-state index contributed by atoms with van der Waals surface area (Å²) in [6.45, 7) is 5.39. The average molecular weight is 411 g/mol. The summed E-state index contributed by atoms with van der Waals surface area (Å²) in [4.78, 5) is 48.0. The Morgan fingerprint density at radius 2 is 1.69 bits per heavy atom. The number of rotatable bonds is 7. The molecule has 0 radical (unpaired) electrons. The Labute approximate surface area is 168 Å². The fourth-order valence-corrected chi connectivity index (χ4v) is 3.03. The highest BCUT2D eigenvalue weighted by Gasteiger charge is 2.51. The highest BCUT2D eigenvalue weighted by molar-refractivity contribution is 5.88. The Kier molecular flexibility index (Phi) is 7.77. The zero-order chi connectivity index (χ0) is 21.6. The molecule has 0 bridgehead atoms. The summed E-state index contributed by atoms with van der Waals surface area (Å²) in [6.07, 6.45) is 1.47. The van der Waals surface area contributed by atoms with Gasteiger partial charge in [0.15, 0.2) is 18.4 Å². The quantitative estimate of drug-likeness (QED) is 0.440. The van der Waals surface area contributed by atoms with Crippen LogP contribution in [0.5, 0.6) is 0 Å². The number of allylic oxidation sites excluding steroid dienone is 1. The molecule has 0 amide bonds. The van der Waals surface area contributed by atoms with Gasteiger partial charge in [-0.2, -0.15) is 0 Å². The first-order valence-corrected chi connectivity index (χ1v) is 9.18. The van der Waals surface area contributed by atoms with Gasteiger partial charge < -0.3 is 28.6 Å². The van der Waals surface area contributed by atoms with Crippen LogP contribution in [-0.2, 0) is 42.9 Å². The summed E-state index contributed by atoms with van der Waals surface area (Å²) in [6, 6.07) is 0. The Hall–Kier alpha value is -2.88. The summed E-state index contributed by atoms with van der Waals surface area (Å²) in [5.41, 5.74) is 0.381. The van der Waals surface area contributed by atoms with Crippen LogP contribution in [0.25, 0.3) is 0 Å². The third-order valence-corrected chi connectivity index (χ3v) is 4.09. The van der Waals surface area contributed by atoms with Crippen LogP contribution in [0.15, 0.2) is 24.0 Å². The van der Waals surface area contributed by atoms with Gasteiger partial charge in [-0.1, -0.05) is 6.08 Å². The number of esters is 4. The van der Waals surface area contributed by atoms with Crippen molar-refractivity contribution in [2.45, 2.75) is 58.7 Å². The monoisotopic (exact) mass is 411 g/mol. The number of hydrogen-bond acceptors (Lipinski definition) is 10. The minimum absolute atomic E-state index is 0.201. The number of ether oxygens (including phenoxy) is 5. The summed E-state index contributed by atoms with van der Waals surface area (Å²) >= 11 is 0. The predicted octanol–water partition coefficient (Wildman–Crippen LogP) is 0.804. The van der Waals surface area contributed by atoms with Crippen molar-refractivity contribution in [1.29, 1.82) is 0 Å². The van der Waals surface area contributed by atoms with Gasteiger partial charge in [0, 0.05) is 39.6 Å². The minimum Gasteiger partial charge on any atom is -0.463 e. The summed E-state index contributed by atoms with van der Waals surface area (Å²) in [5, 5.41) is 0. The molecular formula is C19H25NO9. The van der Waals surface area contributed by atoms with Gasteiger partial charge >= 0.3 is 23.9 Å². The van der Waals surface area contributed by atoms with E-state index in [0.717, 1.165) is 0 Å². The first-order chi connectivity index (χ1) is 13.7. The topological polar surface area (TPSA) is 118 Å². The number of carbonyl (C=O) groups excluding carboxylic acids is 4. The van der Waals surface area contributed by atoms with Gasteiger partial charge in [0.1, 0.15) is 12.7 Å². The van der Waals surface area contributed by atoms with Crippen LogP contribution in [0.1, 0.15) is 34.1 Å². The van der Waals surface area contributed by atoms with Crippen LogP contribution in [-0.4, -0.2) is 66.5 Å². The van der Waals surface area contributed by atoms with Crippen LogP contribution < -0.4 is 0 Å². The Morgan fingerprint density at radius 1 is 1.03 bits per heavy atom. The first kappa shape index (κ1) is 22.4. The van der Waals surface area contributed by atoms with E-state index in [0.29, 0.717) is 12.0 Å². The second kappa shape index (κ2) is 10.1. The van der Waals surface area contributed by atoms with Gasteiger partial charge in [0.25, 0.3) is 0 Å². The normalized spacial score (nSPS) is 25.8. The van der Waals surface area contributed by atoms with Crippen molar-refractivity contribution in [1.82, 2.24) is 4.90 Å². The standard InChI is InChI=1S/C19H25NO9/c1-5-25-19(24)14-7-6-8-20(9-14)18-17(28-13(4)23)16(27-12(3)22)15(29-18)10-26-11(2)21/h6,8-9,15-18H,5,7,10H2,1-4H3/t15?,16-,17-,18-/m1/s1. The van der Waals surface area contributed by atoms with Crippen molar-refractivity contribution in [2.75, 3.05) is 13.2 Å². The minimum atomic E-state index is -1.01. The van der Waals surface area contributed by atoms with E-state index in [1.165, 1.54) is 31.9 Å². The van der Waals surface area contributed by atoms with E-state index in [4.69, 9.17) is 23.7 Å². The molecule has 29 heavy (non-hydrogen) atoms. The van der Waals surface area contributed by atoms with Gasteiger partial charge in [0.2, 0.25) is 0 Å². The van der Waals surface area contributed by atoms with E-state index in [1.54, 1.807) is 19.2 Å². The fraction of sp³-hybridized carbons (Fsp3) is 0.579. The van der Waals surface area contributed by atoms with Gasteiger partial charge in [-0.3, -0.25) is 14.4 Å². The Morgan fingerprint density at radius 3 is 2.28 bits per heavy atom. The number of hydrogen-bond donors (Lipinski definition) is 0. The smallest absolute Gasteiger partial charge is 0.335 e. The molecule has 0 aliphatic carbocycles. The number of carbonyl (C=O) groups is 4. The second-order valence-electron chi connectivity index (χ2n) is 6.43. The first-order valence-electron chi connectivity index (χ1n) is 9.18. The highest BCUT2D eigenvalue weighted by atomic mass is 16.7. The molecule has 2 rings (SSSR count). The van der Waals surface area contributed by atoms with E-state index in [1.807, 2.05) is 0 Å². The van der Waals surface area contributed by atoms with E-state index < -0.39 is 48.4 Å².